The molecule has 1 aromatic carbocycles. The first-order valence-corrected chi connectivity index (χ1v) is 8.70. The quantitative estimate of drug-likeness (QED) is 0.783. The summed E-state index contributed by atoms with van der Waals surface area (Å²) in [7, 11) is 0. The van der Waals surface area contributed by atoms with E-state index in [1.807, 2.05) is 0 Å². The van der Waals surface area contributed by atoms with Crippen LogP contribution < -0.4 is 14.8 Å². The molecule has 2 saturated heterocycles. The lowest BCUT2D eigenvalue weighted by Crippen LogP contribution is -2.42. The maximum Gasteiger partial charge on any atom is 0.341 e. The van der Waals surface area contributed by atoms with Crippen molar-refractivity contribution in [2.45, 2.75) is 38.3 Å². The molecule has 2 heterocycles. The molecule has 8 heteroatoms. The molecule has 2 aliphatic rings. The smallest absolute Gasteiger partial charge is 0.341 e. The first-order valence-electron chi connectivity index (χ1n) is 8.70. The van der Waals surface area contributed by atoms with Gasteiger partial charge in [-0.05, 0) is 38.0 Å². The Morgan fingerprint density at radius 3 is 2.73 bits per heavy atom. The number of rotatable bonds is 6. The maximum absolute atomic E-state index is 13.1. The average molecular weight is 362 g/mol. The van der Waals surface area contributed by atoms with E-state index >= 15 is 0 Å². The number of aliphatic carboxylic acids is 1. The van der Waals surface area contributed by atoms with Gasteiger partial charge in [0.1, 0.15) is 0 Å². The number of benzene rings is 1. The summed E-state index contributed by atoms with van der Waals surface area (Å²) in [6, 6.07) is 4.63. The monoisotopic (exact) mass is 362 g/mol. The minimum absolute atomic E-state index is 0.00238. The third-order valence-corrected chi connectivity index (χ3v) is 4.65. The second-order valence-corrected chi connectivity index (χ2v) is 6.38. The van der Waals surface area contributed by atoms with Gasteiger partial charge in [0.25, 0.3) is 5.91 Å². The van der Waals surface area contributed by atoms with Crippen LogP contribution in [0.25, 0.3) is 0 Å². The highest BCUT2D eigenvalue weighted by atomic mass is 16.5. The number of carbonyl (C=O) groups is 3. The number of hydrogen-bond donors (Lipinski definition) is 2. The lowest BCUT2D eigenvalue weighted by molar-refractivity contribution is -0.139. The Morgan fingerprint density at radius 1 is 1.23 bits per heavy atom. The van der Waals surface area contributed by atoms with Crippen molar-refractivity contribution >= 4 is 17.8 Å². The van der Waals surface area contributed by atoms with E-state index in [0.717, 1.165) is 12.8 Å². The first-order chi connectivity index (χ1) is 12.5. The van der Waals surface area contributed by atoms with Crippen LogP contribution in [0.15, 0.2) is 18.2 Å². The summed E-state index contributed by atoms with van der Waals surface area (Å²) in [4.78, 5) is 37.3. The van der Waals surface area contributed by atoms with Crippen molar-refractivity contribution in [1.82, 2.24) is 10.2 Å². The number of nitrogens with zero attached hydrogens (tertiary/aromatic N) is 1. The summed E-state index contributed by atoms with van der Waals surface area (Å²) in [6.45, 7) is 2.13. The zero-order valence-corrected chi connectivity index (χ0v) is 14.6. The van der Waals surface area contributed by atoms with Crippen LogP contribution >= 0.6 is 0 Å². The highest BCUT2D eigenvalue weighted by Crippen LogP contribution is 2.33. The SMILES string of the molecule is CCOc1cc(C(=O)N2C3CCC2CC(=O)NC3)ccc1OCC(=O)O. The lowest BCUT2D eigenvalue weighted by atomic mass is 10.1. The van der Waals surface area contributed by atoms with Gasteiger partial charge in [-0.2, -0.15) is 0 Å². The van der Waals surface area contributed by atoms with Crippen molar-refractivity contribution in [1.29, 1.82) is 0 Å². The molecule has 2 aliphatic heterocycles. The zero-order chi connectivity index (χ0) is 18.7. The van der Waals surface area contributed by atoms with Gasteiger partial charge >= 0.3 is 5.97 Å². The van der Waals surface area contributed by atoms with Crippen LogP contribution in [0.1, 0.15) is 36.5 Å². The standard InChI is InChI=1S/C18H22N2O6/c1-2-25-15-7-11(3-6-14(15)26-10-17(22)23)18(24)20-12-4-5-13(20)9-19-16(21)8-12/h3,6-7,12-13H,2,4-5,8-10H2,1H3,(H,19,21)(H,22,23). The van der Waals surface area contributed by atoms with Crippen LogP contribution in [-0.4, -0.2) is 59.6 Å². The van der Waals surface area contributed by atoms with Crippen LogP contribution in [0.5, 0.6) is 11.5 Å². The molecular formula is C18H22N2O6. The molecule has 2 fully saturated rings. The van der Waals surface area contributed by atoms with Crippen molar-refractivity contribution in [2.24, 2.45) is 0 Å². The molecule has 8 nitrogen and oxygen atoms in total. The van der Waals surface area contributed by atoms with Crippen molar-refractivity contribution in [3.63, 3.8) is 0 Å². The second kappa shape index (κ2) is 7.63. The van der Waals surface area contributed by atoms with E-state index in [0.29, 0.717) is 30.9 Å². The molecule has 2 unspecified atom stereocenters. The van der Waals surface area contributed by atoms with Gasteiger partial charge in [-0.15, -0.1) is 0 Å². The Bertz CT molecular complexity index is 720. The molecule has 2 N–H and O–H groups in total. The topological polar surface area (TPSA) is 105 Å². The minimum Gasteiger partial charge on any atom is -0.490 e. The lowest BCUT2D eigenvalue weighted by Gasteiger charge is -2.27. The molecule has 1 aromatic rings. The highest BCUT2D eigenvalue weighted by molar-refractivity contribution is 5.96. The summed E-state index contributed by atoms with van der Waals surface area (Å²) >= 11 is 0. The summed E-state index contributed by atoms with van der Waals surface area (Å²) in [5.74, 6) is -0.662. The van der Waals surface area contributed by atoms with Crippen molar-refractivity contribution in [3.8, 4) is 11.5 Å². The number of nitrogens with one attached hydrogen (secondary N) is 1. The average Bonchev–Trinajstić information content (AvgIpc) is 2.91. The summed E-state index contributed by atoms with van der Waals surface area (Å²) < 4.78 is 10.7. The van der Waals surface area contributed by atoms with Crippen molar-refractivity contribution in [3.05, 3.63) is 23.8 Å². The largest absolute Gasteiger partial charge is 0.490 e. The highest BCUT2D eigenvalue weighted by Gasteiger charge is 2.40. The molecule has 3 rings (SSSR count). The number of fused-ring (bicyclic) bond motifs is 2. The summed E-state index contributed by atoms with van der Waals surface area (Å²) in [5, 5.41) is 11.6. The van der Waals surface area contributed by atoms with Crippen LogP contribution in [0.3, 0.4) is 0 Å². The van der Waals surface area contributed by atoms with E-state index in [1.54, 1.807) is 30.0 Å². The third kappa shape index (κ3) is 3.74. The van der Waals surface area contributed by atoms with E-state index in [-0.39, 0.29) is 29.6 Å². The van der Waals surface area contributed by atoms with Gasteiger partial charge in [-0.3, -0.25) is 9.59 Å². The molecule has 0 aliphatic carbocycles. The second-order valence-electron chi connectivity index (χ2n) is 6.38. The molecule has 26 heavy (non-hydrogen) atoms. The normalized spacial score (nSPS) is 21.7. The minimum atomic E-state index is -1.09. The first kappa shape index (κ1) is 18.0. The van der Waals surface area contributed by atoms with Crippen molar-refractivity contribution < 1.29 is 29.0 Å². The number of hydrogen-bond acceptors (Lipinski definition) is 5. The molecule has 0 spiro atoms. The van der Waals surface area contributed by atoms with E-state index in [4.69, 9.17) is 14.6 Å². The fourth-order valence-corrected chi connectivity index (χ4v) is 3.53. The van der Waals surface area contributed by atoms with Crippen LogP contribution in [-0.2, 0) is 9.59 Å². The van der Waals surface area contributed by atoms with E-state index in [1.165, 1.54) is 0 Å². The van der Waals surface area contributed by atoms with Gasteiger partial charge in [0.15, 0.2) is 18.1 Å². The number of carbonyl (C=O) groups excluding carboxylic acids is 2. The molecule has 0 radical (unpaired) electrons. The van der Waals surface area contributed by atoms with Gasteiger partial charge in [-0.1, -0.05) is 0 Å². The molecule has 0 saturated carbocycles. The molecular weight excluding hydrogens is 340 g/mol. The third-order valence-electron chi connectivity index (χ3n) is 4.65. The number of carboxylic acid groups (broad SMARTS) is 1. The van der Waals surface area contributed by atoms with Gasteiger partial charge in [-0.25, -0.2) is 4.79 Å². The number of ether oxygens (including phenoxy) is 2. The molecule has 140 valence electrons. The molecule has 0 aromatic heterocycles. The number of amides is 2. The van der Waals surface area contributed by atoms with Crippen LogP contribution in [0, 0.1) is 0 Å². The molecule has 2 amide bonds. The van der Waals surface area contributed by atoms with E-state index < -0.39 is 12.6 Å². The van der Waals surface area contributed by atoms with Crippen LogP contribution in [0.4, 0.5) is 0 Å². The number of carboxylic acids is 1. The zero-order valence-electron chi connectivity index (χ0n) is 14.6. The summed E-state index contributed by atoms with van der Waals surface area (Å²) in [5.41, 5.74) is 0.433. The van der Waals surface area contributed by atoms with E-state index in [9.17, 15) is 14.4 Å². The van der Waals surface area contributed by atoms with E-state index in [2.05, 4.69) is 5.32 Å². The molecule has 2 bridgehead atoms. The van der Waals surface area contributed by atoms with Gasteiger partial charge in [0, 0.05) is 30.6 Å². The van der Waals surface area contributed by atoms with Gasteiger partial charge in [0.2, 0.25) is 5.91 Å². The molecule has 2 atom stereocenters. The van der Waals surface area contributed by atoms with Gasteiger partial charge < -0.3 is 24.8 Å². The maximum atomic E-state index is 13.1. The Morgan fingerprint density at radius 2 is 2.00 bits per heavy atom. The van der Waals surface area contributed by atoms with Crippen LogP contribution in [0.2, 0.25) is 0 Å². The predicted molar refractivity (Wildman–Crippen MR) is 91.3 cm³/mol. The Balaban J connectivity index is 1.83. The fourth-order valence-electron chi connectivity index (χ4n) is 3.53. The summed E-state index contributed by atoms with van der Waals surface area (Å²) in [6.07, 6.45) is 2.01. The van der Waals surface area contributed by atoms with Crippen molar-refractivity contribution in [2.75, 3.05) is 19.8 Å². The van der Waals surface area contributed by atoms with Gasteiger partial charge in [0.05, 0.1) is 6.61 Å². The fraction of sp³-hybridized carbons (Fsp3) is 0.500. The Labute approximate surface area is 151 Å². The Kier molecular flexibility index (Phi) is 5.29. The predicted octanol–water partition coefficient (Wildman–Crippen LogP) is 1.04. The Hall–Kier alpha value is -2.77.